The quantitative estimate of drug-likeness (QED) is 0.730. The molecule has 0 aliphatic carbocycles. The first-order chi connectivity index (χ1) is 12.1. The minimum absolute atomic E-state index is 0.170. The zero-order valence-electron chi connectivity index (χ0n) is 13.3. The number of amides is 2. The lowest BCUT2D eigenvalue weighted by atomic mass is 10.2. The molecule has 0 aliphatic heterocycles. The van der Waals surface area contributed by atoms with Crippen LogP contribution in [0.3, 0.4) is 0 Å². The van der Waals surface area contributed by atoms with Crippen LogP contribution in [0, 0.1) is 11.3 Å². The van der Waals surface area contributed by atoms with Crippen LogP contribution in [0.1, 0.15) is 17.5 Å². The fourth-order valence-electron chi connectivity index (χ4n) is 2.06. The molecule has 2 N–H and O–H groups in total. The minimum atomic E-state index is -0.325. The highest BCUT2D eigenvalue weighted by Gasteiger charge is 2.02. The van der Waals surface area contributed by atoms with Gasteiger partial charge < -0.3 is 10.6 Å². The van der Waals surface area contributed by atoms with Crippen LogP contribution in [-0.2, 0) is 16.1 Å². The second-order valence-electron chi connectivity index (χ2n) is 5.19. The molecule has 0 fully saturated rings. The number of anilines is 1. The molecular formula is C19H16BrN3O2. The van der Waals surface area contributed by atoms with Crippen molar-refractivity contribution in [3.63, 3.8) is 0 Å². The number of rotatable bonds is 6. The number of carbonyl (C=O) groups excluding carboxylic acids is 2. The fourth-order valence-corrected chi connectivity index (χ4v) is 2.48. The van der Waals surface area contributed by atoms with E-state index < -0.39 is 0 Å². The number of nitrogens with one attached hydrogen (secondary N) is 2. The van der Waals surface area contributed by atoms with Gasteiger partial charge in [0.05, 0.1) is 6.07 Å². The normalized spacial score (nSPS) is 10.2. The Hall–Kier alpha value is -2.91. The third-order valence-corrected chi connectivity index (χ3v) is 3.69. The van der Waals surface area contributed by atoms with Gasteiger partial charge in [-0.2, -0.15) is 5.26 Å². The van der Waals surface area contributed by atoms with Gasteiger partial charge in [-0.15, -0.1) is 0 Å². The van der Waals surface area contributed by atoms with Crippen molar-refractivity contribution in [2.45, 2.75) is 13.0 Å². The Bertz CT molecular complexity index is 841. The Kier molecular flexibility index (Phi) is 6.93. The summed E-state index contributed by atoms with van der Waals surface area (Å²) in [6, 6.07) is 16.6. The molecular weight excluding hydrogens is 382 g/mol. The van der Waals surface area contributed by atoms with E-state index in [1.165, 1.54) is 6.08 Å². The third-order valence-electron chi connectivity index (χ3n) is 3.20. The second kappa shape index (κ2) is 9.40. The summed E-state index contributed by atoms with van der Waals surface area (Å²) in [6.45, 7) is 0.304. The third kappa shape index (κ3) is 6.61. The number of benzene rings is 2. The molecule has 2 amide bonds. The average Bonchev–Trinajstić information content (AvgIpc) is 2.59. The lowest BCUT2D eigenvalue weighted by Crippen LogP contribution is -2.21. The molecule has 0 aromatic heterocycles. The number of halogens is 1. The number of hydrogen-bond donors (Lipinski definition) is 2. The van der Waals surface area contributed by atoms with E-state index in [1.807, 2.05) is 30.3 Å². The zero-order chi connectivity index (χ0) is 18.1. The van der Waals surface area contributed by atoms with Crippen LogP contribution >= 0.6 is 15.9 Å². The number of carbonyl (C=O) groups is 2. The zero-order valence-corrected chi connectivity index (χ0v) is 14.9. The summed E-state index contributed by atoms with van der Waals surface area (Å²) in [6.07, 6.45) is 3.02. The molecule has 0 heterocycles. The van der Waals surface area contributed by atoms with Crippen LogP contribution in [0.25, 0.3) is 6.08 Å². The largest absolute Gasteiger partial charge is 0.351 e. The van der Waals surface area contributed by atoms with Crippen LogP contribution in [0.4, 0.5) is 5.69 Å². The van der Waals surface area contributed by atoms with E-state index in [0.717, 1.165) is 15.6 Å². The Morgan fingerprint density at radius 3 is 2.72 bits per heavy atom. The lowest BCUT2D eigenvalue weighted by Gasteiger charge is -2.07. The summed E-state index contributed by atoms with van der Waals surface area (Å²) in [7, 11) is 0. The number of nitriles is 1. The summed E-state index contributed by atoms with van der Waals surface area (Å²) in [5.74, 6) is -0.570. The van der Waals surface area contributed by atoms with Gasteiger partial charge in [0.1, 0.15) is 6.42 Å². The molecule has 0 bridgehead atoms. The smallest absolute Gasteiger partial charge is 0.248 e. The molecule has 25 heavy (non-hydrogen) atoms. The monoisotopic (exact) mass is 397 g/mol. The maximum absolute atomic E-state index is 12.0. The Balaban J connectivity index is 1.93. The van der Waals surface area contributed by atoms with Crippen molar-refractivity contribution in [2.75, 3.05) is 5.32 Å². The van der Waals surface area contributed by atoms with E-state index in [9.17, 15) is 9.59 Å². The highest BCUT2D eigenvalue weighted by atomic mass is 79.9. The minimum Gasteiger partial charge on any atom is -0.351 e. The molecule has 0 saturated carbocycles. The second-order valence-corrected chi connectivity index (χ2v) is 6.11. The van der Waals surface area contributed by atoms with E-state index in [1.54, 1.807) is 30.3 Å². The van der Waals surface area contributed by atoms with Gasteiger partial charge in [0.25, 0.3) is 0 Å². The maximum atomic E-state index is 12.0. The molecule has 6 heteroatoms. The molecule has 0 atom stereocenters. The molecule has 0 spiro atoms. The SMILES string of the molecule is N#CCC(=O)NCc1cccc(NC(=O)/C=C/c2cccc(Br)c2)c1. The van der Waals surface area contributed by atoms with Gasteiger partial charge in [-0.1, -0.05) is 40.2 Å². The van der Waals surface area contributed by atoms with E-state index in [4.69, 9.17) is 5.26 Å². The summed E-state index contributed by atoms with van der Waals surface area (Å²) in [5, 5.41) is 13.9. The first kappa shape index (κ1) is 18.4. The highest BCUT2D eigenvalue weighted by Crippen LogP contribution is 2.14. The van der Waals surface area contributed by atoms with Gasteiger partial charge in [0, 0.05) is 22.8 Å². The molecule has 0 saturated heterocycles. The molecule has 2 aromatic rings. The van der Waals surface area contributed by atoms with E-state index in [2.05, 4.69) is 26.6 Å². The van der Waals surface area contributed by atoms with Crippen LogP contribution in [0.2, 0.25) is 0 Å². The Morgan fingerprint density at radius 1 is 1.16 bits per heavy atom. The first-order valence-electron chi connectivity index (χ1n) is 7.54. The summed E-state index contributed by atoms with van der Waals surface area (Å²) in [4.78, 5) is 23.3. The molecule has 0 unspecified atom stereocenters. The Labute approximate surface area is 154 Å². The Morgan fingerprint density at radius 2 is 1.96 bits per heavy atom. The van der Waals surface area contributed by atoms with Gasteiger partial charge in [-0.25, -0.2) is 0 Å². The number of hydrogen-bond acceptors (Lipinski definition) is 3. The van der Waals surface area contributed by atoms with Crippen molar-refractivity contribution >= 4 is 39.5 Å². The van der Waals surface area contributed by atoms with Crippen LogP contribution in [0.15, 0.2) is 59.1 Å². The highest BCUT2D eigenvalue weighted by molar-refractivity contribution is 9.10. The van der Waals surface area contributed by atoms with Crippen LogP contribution < -0.4 is 10.6 Å². The van der Waals surface area contributed by atoms with Gasteiger partial charge in [-0.3, -0.25) is 9.59 Å². The predicted octanol–water partition coefficient (Wildman–Crippen LogP) is 3.63. The molecule has 2 rings (SSSR count). The van der Waals surface area contributed by atoms with E-state index in [-0.39, 0.29) is 18.2 Å². The standard InChI is InChI=1S/C19H16BrN3O2/c20-16-5-1-3-14(11-16)7-8-19(25)23-17-6-2-4-15(12-17)13-22-18(24)9-10-21/h1-8,11-12H,9,13H2,(H,22,24)(H,23,25)/b8-7+. The summed E-state index contributed by atoms with van der Waals surface area (Å²) < 4.78 is 0.946. The van der Waals surface area contributed by atoms with E-state index >= 15 is 0 Å². The first-order valence-corrected chi connectivity index (χ1v) is 8.33. The van der Waals surface area contributed by atoms with Crippen LogP contribution in [0.5, 0.6) is 0 Å². The van der Waals surface area contributed by atoms with Crippen molar-refractivity contribution in [3.05, 3.63) is 70.2 Å². The fraction of sp³-hybridized carbons (Fsp3) is 0.105. The molecule has 0 radical (unpaired) electrons. The van der Waals surface area contributed by atoms with Crippen molar-refractivity contribution in [2.24, 2.45) is 0 Å². The average molecular weight is 398 g/mol. The summed E-state index contributed by atoms with van der Waals surface area (Å²) >= 11 is 3.38. The van der Waals surface area contributed by atoms with Crippen molar-refractivity contribution < 1.29 is 9.59 Å². The molecule has 2 aromatic carbocycles. The molecule has 5 nitrogen and oxygen atoms in total. The van der Waals surface area contributed by atoms with E-state index in [0.29, 0.717) is 12.2 Å². The van der Waals surface area contributed by atoms with Crippen LogP contribution in [-0.4, -0.2) is 11.8 Å². The topological polar surface area (TPSA) is 82.0 Å². The predicted molar refractivity (Wildman–Crippen MR) is 100 cm³/mol. The van der Waals surface area contributed by atoms with Gasteiger partial charge in [0.15, 0.2) is 0 Å². The van der Waals surface area contributed by atoms with Gasteiger partial charge in [-0.05, 0) is 41.5 Å². The van der Waals surface area contributed by atoms with Gasteiger partial charge in [0.2, 0.25) is 11.8 Å². The molecule has 126 valence electrons. The van der Waals surface area contributed by atoms with Crippen molar-refractivity contribution in [3.8, 4) is 6.07 Å². The lowest BCUT2D eigenvalue weighted by molar-refractivity contribution is -0.120. The van der Waals surface area contributed by atoms with Gasteiger partial charge >= 0.3 is 0 Å². The van der Waals surface area contributed by atoms with Crippen molar-refractivity contribution in [1.29, 1.82) is 5.26 Å². The molecule has 0 aliphatic rings. The summed E-state index contributed by atoms with van der Waals surface area (Å²) in [5.41, 5.74) is 2.38. The maximum Gasteiger partial charge on any atom is 0.248 e. The van der Waals surface area contributed by atoms with Crippen molar-refractivity contribution in [1.82, 2.24) is 5.32 Å². The number of nitrogens with zero attached hydrogens (tertiary/aromatic N) is 1.